The molecule has 6 aromatic carbocycles. The minimum atomic E-state index is 0.365. The average molecular weight is 694 g/mol. The second-order valence-corrected chi connectivity index (χ2v) is 16.2. The van der Waals surface area contributed by atoms with Gasteiger partial charge in [-0.2, -0.15) is 0 Å². The summed E-state index contributed by atoms with van der Waals surface area (Å²) < 4.78 is 4.03. The van der Waals surface area contributed by atoms with E-state index in [1.165, 1.54) is 67.1 Å². The van der Waals surface area contributed by atoms with E-state index >= 15 is 0 Å². The lowest BCUT2D eigenvalue weighted by molar-refractivity contribution is 0.837. The standard InChI is InChI=1S/C46H31NS3/c1-4-10-41-34(7-1)28-45(48-41)31-15-22-37(23-16-31)47(38-24-17-32(18-25-38)46-29-35-8-2-5-11-42(35)49-46)36-20-13-30(14-21-36)33-19-26-44-40(27-33)39-9-3-6-12-43(39)50-44/h1-26,28-29,33H,27H2. The van der Waals surface area contributed by atoms with Gasteiger partial charge in [0.2, 0.25) is 0 Å². The topological polar surface area (TPSA) is 3.24 Å². The van der Waals surface area contributed by atoms with Crippen molar-refractivity contribution in [2.24, 2.45) is 0 Å². The van der Waals surface area contributed by atoms with Crippen LogP contribution < -0.4 is 4.90 Å². The first-order chi connectivity index (χ1) is 24.7. The quantitative estimate of drug-likeness (QED) is 0.168. The lowest BCUT2D eigenvalue weighted by atomic mass is 9.87. The second-order valence-electron chi connectivity index (χ2n) is 12.9. The summed E-state index contributed by atoms with van der Waals surface area (Å²) in [6.45, 7) is 0. The Morgan fingerprint density at radius 2 is 0.980 bits per heavy atom. The zero-order chi connectivity index (χ0) is 33.0. The molecule has 0 saturated heterocycles. The van der Waals surface area contributed by atoms with E-state index in [0.717, 1.165) is 23.5 Å². The summed E-state index contributed by atoms with van der Waals surface area (Å²) in [7, 11) is 0. The van der Waals surface area contributed by atoms with Crippen LogP contribution in [0, 0.1) is 0 Å². The van der Waals surface area contributed by atoms with E-state index in [4.69, 9.17) is 0 Å². The lowest BCUT2D eigenvalue weighted by Gasteiger charge is -2.26. The van der Waals surface area contributed by atoms with Crippen LogP contribution in [0.5, 0.6) is 0 Å². The molecule has 1 unspecified atom stereocenters. The van der Waals surface area contributed by atoms with Gasteiger partial charge in [-0.25, -0.2) is 0 Å². The predicted octanol–water partition coefficient (Wildman–Crippen LogP) is 14.5. The molecule has 0 saturated carbocycles. The van der Waals surface area contributed by atoms with E-state index in [-0.39, 0.29) is 0 Å². The van der Waals surface area contributed by atoms with Gasteiger partial charge in [0.1, 0.15) is 0 Å². The molecule has 0 fully saturated rings. The molecule has 3 aromatic heterocycles. The molecule has 1 atom stereocenters. The Morgan fingerprint density at radius 1 is 0.480 bits per heavy atom. The molecule has 10 rings (SSSR count). The molecule has 0 radical (unpaired) electrons. The number of benzene rings is 6. The van der Waals surface area contributed by atoms with Gasteiger partial charge in [-0.3, -0.25) is 0 Å². The molecular weight excluding hydrogens is 663 g/mol. The van der Waals surface area contributed by atoms with Gasteiger partial charge in [0, 0.05) is 51.7 Å². The van der Waals surface area contributed by atoms with Gasteiger partial charge in [-0.1, -0.05) is 97.1 Å². The van der Waals surface area contributed by atoms with Crippen LogP contribution in [-0.2, 0) is 6.42 Å². The number of rotatable bonds is 6. The van der Waals surface area contributed by atoms with E-state index < -0.39 is 0 Å². The summed E-state index contributed by atoms with van der Waals surface area (Å²) in [5, 5.41) is 4.00. The van der Waals surface area contributed by atoms with Crippen molar-refractivity contribution in [3.05, 3.63) is 180 Å². The van der Waals surface area contributed by atoms with Crippen LogP contribution >= 0.6 is 34.0 Å². The highest BCUT2D eigenvalue weighted by Crippen LogP contribution is 2.43. The van der Waals surface area contributed by atoms with Gasteiger partial charge in [-0.05, 0) is 118 Å². The van der Waals surface area contributed by atoms with Gasteiger partial charge >= 0.3 is 0 Å². The number of anilines is 3. The molecule has 1 aliphatic carbocycles. The van der Waals surface area contributed by atoms with Gasteiger partial charge in [-0.15, -0.1) is 34.0 Å². The Bertz CT molecular complexity index is 2490. The Kier molecular flexibility index (Phi) is 7.27. The summed E-state index contributed by atoms with van der Waals surface area (Å²) in [6, 6.07) is 58.1. The third-order valence-corrected chi connectivity index (χ3v) is 13.4. The fraction of sp³-hybridized carbons (Fsp3) is 0.0435. The number of hydrogen-bond acceptors (Lipinski definition) is 4. The Morgan fingerprint density at radius 3 is 1.54 bits per heavy atom. The molecule has 0 amide bonds. The van der Waals surface area contributed by atoms with Crippen LogP contribution in [0.25, 0.3) is 57.2 Å². The van der Waals surface area contributed by atoms with Crippen molar-refractivity contribution in [1.82, 2.24) is 0 Å². The fourth-order valence-corrected chi connectivity index (χ4v) is 10.6. The number of fused-ring (bicyclic) bond motifs is 5. The summed E-state index contributed by atoms with van der Waals surface area (Å²) in [5.41, 5.74) is 8.77. The molecule has 0 bridgehead atoms. The molecule has 4 heteroatoms. The average Bonchev–Trinajstić information content (AvgIpc) is 3.91. The van der Waals surface area contributed by atoms with E-state index in [0.29, 0.717) is 5.92 Å². The maximum Gasteiger partial charge on any atom is 0.0462 e. The molecule has 50 heavy (non-hydrogen) atoms. The highest BCUT2D eigenvalue weighted by atomic mass is 32.1. The fourth-order valence-electron chi connectivity index (χ4n) is 7.30. The van der Waals surface area contributed by atoms with Crippen LogP contribution in [-0.4, -0.2) is 0 Å². The van der Waals surface area contributed by atoms with Crippen LogP contribution in [0.15, 0.2) is 164 Å². The van der Waals surface area contributed by atoms with Crippen LogP contribution in [0.4, 0.5) is 17.1 Å². The number of thiophene rings is 3. The monoisotopic (exact) mass is 693 g/mol. The maximum absolute atomic E-state index is 2.39. The van der Waals surface area contributed by atoms with Crippen molar-refractivity contribution >= 4 is 87.4 Å². The van der Waals surface area contributed by atoms with Gasteiger partial charge in [0.15, 0.2) is 0 Å². The zero-order valence-corrected chi connectivity index (χ0v) is 29.6. The van der Waals surface area contributed by atoms with Gasteiger partial charge in [0.05, 0.1) is 0 Å². The molecule has 1 aliphatic rings. The Hall–Kier alpha value is -5.26. The summed E-state index contributed by atoms with van der Waals surface area (Å²) >= 11 is 5.61. The first kappa shape index (κ1) is 29.6. The molecule has 0 spiro atoms. The molecular formula is C46H31NS3. The largest absolute Gasteiger partial charge is 0.311 e. The van der Waals surface area contributed by atoms with Crippen molar-refractivity contribution in [3.8, 4) is 20.9 Å². The van der Waals surface area contributed by atoms with E-state index in [1.54, 1.807) is 0 Å². The summed E-state index contributed by atoms with van der Waals surface area (Å²) in [4.78, 5) is 6.38. The predicted molar refractivity (Wildman–Crippen MR) is 220 cm³/mol. The van der Waals surface area contributed by atoms with Crippen LogP contribution in [0.3, 0.4) is 0 Å². The van der Waals surface area contributed by atoms with Crippen LogP contribution in [0.2, 0.25) is 0 Å². The summed E-state index contributed by atoms with van der Waals surface area (Å²) in [5.74, 6) is 0.365. The lowest BCUT2D eigenvalue weighted by Crippen LogP contribution is -2.10. The SMILES string of the molecule is C1=CC(c2ccc(N(c3ccc(-c4cc5ccccc5s4)cc3)c3ccc(-c4cc5ccccc5s4)cc3)cc2)Cc2c1sc1ccccc21. The minimum absolute atomic E-state index is 0.365. The number of hydrogen-bond donors (Lipinski definition) is 0. The van der Waals surface area contributed by atoms with Gasteiger partial charge < -0.3 is 4.90 Å². The smallest absolute Gasteiger partial charge is 0.0462 e. The molecule has 1 nitrogen and oxygen atoms in total. The molecule has 0 aliphatic heterocycles. The van der Waals surface area contributed by atoms with Crippen molar-refractivity contribution in [1.29, 1.82) is 0 Å². The molecule has 0 N–H and O–H groups in total. The minimum Gasteiger partial charge on any atom is -0.311 e. The molecule has 238 valence electrons. The third-order valence-electron chi connectivity index (χ3n) is 9.88. The maximum atomic E-state index is 2.39. The number of allylic oxidation sites excluding steroid dienone is 1. The summed E-state index contributed by atoms with van der Waals surface area (Å²) in [6.07, 6.45) is 5.77. The Labute approximate surface area is 303 Å². The first-order valence-corrected chi connectivity index (χ1v) is 19.5. The van der Waals surface area contributed by atoms with E-state index in [2.05, 4.69) is 175 Å². The van der Waals surface area contributed by atoms with Crippen LogP contribution in [0.1, 0.15) is 21.9 Å². The molecule has 3 heterocycles. The van der Waals surface area contributed by atoms with Crippen molar-refractivity contribution in [2.45, 2.75) is 12.3 Å². The second kappa shape index (κ2) is 12.3. The van der Waals surface area contributed by atoms with Gasteiger partial charge in [0.25, 0.3) is 0 Å². The van der Waals surface area contributed by atoms with Crippen molar-refractivity contribution < 1.29 is 0 Å². The third kappa shape index (κ3) is 5.28. The first-order valence-electron chi connectivity index (χ1n) is 17.0. The number of nitrogens with zero attached hydrogens (tertiary/aromatic N) is 1. The molecule has 9 aromatic rings. The Balaban J connectivity index is 0.996. The highest BCUT2D eigenvalue weighted by Gasteiger charge is 2.21. The van der Waals surface area contributed by atoms with E-state index in [1.807, 2.05) is 34.0 Å². The highest BCUT2D eigenvalue weighted by molar-refractivity contribution is 7.22. The normalized spacial score (nSPS) is 14.0. The van der Waals surface area contributed by atoms with Crippen molar-refractivity contribution in [2.75, 3.05) is 4.90 Å². The van der Waals surface area contributed by atoms with E-state index in [9.17, 15) is 0 Å². The van der Waals surface area contributed by atoms with Crippen molar-refractivity contribution in [3.63, 3.8) is 0 Å². The zero-order valence-electron chi connectivity index (χ0n) is 27.1.